The predicted octanol–water partition coefficient (Wildman–Crippen LogP) is 1.65. The summed E-state index contributed by atoms with van der Waals surface area (Å²) < 4.78 is 0. The molecule has 2 heteroatoms. The molecule has 0 atom stereocenters. The van der Waals surface area contributed by atoms with Crippen LogP contribution < -0.4 is 0 Å². The first-order valence-corrected chi connectivity index (χ1v) is 4.38. The van der Waals surface area contributed by atoms with Crippen molar-refractivity contribution in [2.75, 3.05) is 6.54 Å². The lowest BCUT2D eigenvalue weighted by Crippen LogP contribution is -2.36. The van der Waals surface area contributed by atoms with Crippen LogP contribution in [0.5, 0.6) is 0 Å². The SMILES string of the molecule is CC(=O)N(CC1CC1)C(C)C. The van der Waals surface area contributed by atoms with Crippen LogP contribution in [0, 0.1) is 5.92 Å². The quantitative estimate of drug-likeness (QED) is 0.607. The van der Waals surface area contributed by atoms with Gasteiger partial charge in [0.05, 0.1) is 0 Å². The summed E-state index contributed by atoms with van der Waals surface area (Å²) in [5.74, 6) is 1.02. The fourth-order valence-corrected chi connectivity index (χ4v) is 1.28. The minimum Gasteiger partial charge on any atom is -0.340 e. The Bertz CT molecular complexity index is 150. The average Bonchev–Trinajstić information content (AvgIpc) is 2.63. The second kappa shape index (κ2) is 3.24. The molecule has 2 nitrogen and oxygen atoms in total. The molecule has 64 valence electrons. The molecule has 0 heterocycles. The molecular formula is C9H17NO. The third-order valence-corrected chi connectivity index (χ3v) is 2.18. The molecule has 0 aromatic carbocycles. The molecule has 1 aliphatic rings. The summed E-state index contributed by atoms with van der Waals surface area (Å²) in [6.45, 7) is 6.78. The molecule has 1 rings (SSSR count). The lowest BCUT2D eigenvalue weighted by molar-refractivity contribution is -0.130. The van der Waals surface area contributed by atoms with Crippen LogP contribution in [0.1, 0.15) is 33.6 Å². The summed E-state index contributed by atoms with van der Waals surface area (Å²) in [4.78, 5) is 13.0. The molecule has 1 aliphatic carbocycles. The molecule has 0 saturated heterocycles. The minimum atomic E-state index is 0.215. The second-order valence-corrected chi connectivity index (χ2v) is 3.71. The van der Waals surface area contributed by atoms with Gasteiger partial charge in [-0.1, -0.05) is 0 Å². The standard InChI is InChI=1S/C9H17NO/c1-7(2)10(8(3)11)6-9-4-5-9/h7,9H,4-6H2,1-3H3. The van der Waals surface area contributed by atoms with Crippen molar-refractivity contribution in [3.05, 3.63) is 0 Å². The number of carbonyl (C=O) groups is 1. The second-order valence-electron chi connectivity index (χ2n) is 3.71. The van der Waals surface area contributed by atoms with E-state index < -0.39 is 0 Å². The van der Waals surface area contributed by atoms with E-state index in [0.29, 0.717) is 6.04 Å². The third-order valence-electron chi connectivity index (χ3n) is 2.18. The largest absolute Gasteiger partial charge is 0.340 e. The lowest BCUT2D eigenvalue weighted by atomic mass is 10.3. The van der Waals surface area contributed by atoms with Gasteiger partial charge in [-0.05, 0) is 32.6 Å². The molecule has 0 radical (unpaired) electrons. The molecule has 0 N–H and O–H groups in total. The Labute approximate surface area is 68.6 Å². The van der Waals surface area contributed by atoms with Gasteiger partial charge in [0.15, 0.2) is 0 Å². The Hall–Kier alpha value is -0.530. The Balaban J connectivity index is 2.37. The van der Waals surface area contributed by atoms with Gasteiger partial charge in [0.1, 0.15) is 0 Å². The molecular weight excluding hydrogens is 138 g/mol. The van der Waals surface area contributed by atoms with E-state index in [1.165, 1.54) is 12.8 Å². The highest BCUT2D eigenvalue weighted by Gasteiger charge is 2.26. The van der Waals surface area contributed by atoms with Crippen LogP contribution in [-0.2, 0) is 4.79 Å². The van der Waals surface area contributed by atoms with Gasteiger partial charge >= 0.3 is 0 Å². The Morgan fingerprint density at radius 3 is 2.36 bits per heavy atom. The first-order chi connectivity index (χ1) is 5.11. The van der Waals surface area contributed by atoms with Crippen LogP contribution >= 0.6 is 0 Å². The number of rotatable bonds is 3. The highest BCUT2D eigenvalue weighted by Crippen LogP contribution is 2.30. The van der Waals surface area contributed by atoms with E-state index >= 15 is 0 Å². The Kier molecular flexibility index (Phi) is 2.53. The zero-order valence-corrected chi connectivity index (χ0v) is 7.63. The van der Waals surface area contributed by atoms with Crippen molar-refractivity contribution in [1.29, 1.82) is 0 Å². The molecule has 0 aliphatic heterocycles. The molecule has 0 unspecified atom stereocenters. The average molecular weight is 155 g/mol. The van der Waals surface area contributed by atoms with E-state index in [2.05, 4.69) is 13.8 Å². The number of amides is 1. The van der Waals surface area contributed by atoms with Crippen molar-refractivity contribution in [2.24, 2.45) is 5.92 Å². The van der Waals surface area contributed by atoms with Crippen LogP contribution in [0.2, 0.25) is 0 Å². The fraction of sp³-hybridized carbons (Fsp3) is 0.889. The molecule has 0 bridgehead atoms. The molecule has 1 fully saturated rings. The highest BCUT2D eigenvalue weighted by molar-refractivity contribution is 5.73. The van der Waals surface area contributed by atoms with E-state index in [1.807, 2.05) is 4.90 Å². The smallest absolute Gasteiger partial charge is 0.219 e. The summed E-state index contributed by atoms with van der Waals surface area (Å²) in [5.41, 5.74) is 0. The lowest BCUT2D eigenvalue weighted by Gasteiger charge is -2.25. The molecule has 11 heavy (non-hydrogen) atoms. The maximum Gasteiger partial charge on any atom is 0.219 e. The van der Waals surface area contributed by atoms with Crippen molar-refractivity contribution < 1.29 is 4.79 Å². The van der Waals surface area contributed by atoms with Crippen molar-refractivity contribution in [3.8, 4) is 0 Å². The van der Waals surface area contributed by atoms with E-state index in [0.717, 1.165) is 12.5 Å². The van der Waals surface area contributed by atoms with Crippen molar-refractivity contribution in [1.82, 2.24) is 4.90 Å². The molecule has 0 spiro atoms. The van der Waals surface area contributed by atoms with Crippen molar-refractivity contribution in [2.45, 2.75) is 39.7 Å². The van der Waals surface area contributed by atoms with Gasteiger partial charge in [0.2, 0.25) is 5.91 Å². The van der Waals surface area contributed by atoms with Gasteiger partial charge in [-0.25, -0.2) is 0 Å². The normalized spacial score (nSPS) is 17.1. The molecule has 1 amide bonds. The Morgan fingerprint density at radius 2 is 2.09 bits per heavy atom. The van der Waals surface area contributed by atoms with Gasteiger partial charge in [0.25, 0.3) is 0 Å². The van der Waals surface area contributed by atoms with Crippen LogP contribution in [0.4, 0.5) is 0 Å². The van der Waals surface area contributed by atoms with E-state index in [1.54, 1.807) is 6.92 Å². The van der Waals surface area contributed by atoms with Crippen LogP contribution in [0.3, 0.4) is 0 Å². The summed E-state index contributed by atoms with van der Waals surface area (Å²) in [6, 6.07) is 0.369. The number of hydrogen-bond acceptors (Lipinski definition) is 1. The predicted molar refractivity (Wildman–Crippen MR) is 45.2 cm³/mol. The third kappa shape index (κ3) is 2.52. The van der Waals surface area contributed by atoms with Crippen molar-refractivity contribution >= 4 is 5.91 Å². The maximum absolute atomic E-state index is 11.1. The van der Waals surface area contributed by atoms with Gasteiger partial charge < -0.3 is 4.90 Å². The van der Waals surface area contributed by atoms with Gasteiger partial charge in [0, 0.05) is 19.5 Å². The van der Waals surface area contributed by atoms with Crippen LogP contribution in [0.25, 0.3) is 0 Å². The number of carbonyl (C=O) groups excluding carboxylic acids is 1. The van der Waals surface area contributed by atoms with Gasteiger partial charge in [-0.2, -0.15) is 0 Å². The summed E-state index contributed by atoms with van der Waals surface area (Å²) >= 11 is 0. The summed E-state index contributed by atoms with van der Waals surface area (Å²) in [7, 11) is 0. The summed E-state index contributed by atoms with van der Waals surface area (Å²) in [6.07, 6.45) is 2.63. The zero-order valence-electron chi connectivity index (χ0n) is 7.63. The van der Waals surface area contributed by atoms with E-state index in [-0.39, 0.29) is 5.91 Å². The summed E-state index contributed by atoms with van der Waals surface area (Å²) in [5, 5.41) is 0. The molecule has 0 aromatic heterocycles. The number of nitrogens with zero attached hydrogens (tertiary/aromatic N) is 1. The zero-order chi connectivity index (χ0) is 8.43. The molecule has 0 aromatic rings. The first-order valence-electron chi connectivity index (χ1n) is 4.38. The highest BCUT2D eigenvalue weighted by atomic mass is 16.2. The van der Waals surface area contributed by atoms with E-state index in [4.69, 9.17) is 0 Å². The Morgan fingerprint density at radius 1 is 1.55 bits per heavy atom. The molecule has 1 saturated carbocycles. The maximum atomic E-state index is 11.1. The van der Waals surface area contributed by atoms with E-state index in [9.17, 15) is 4.79 Å². The monoisotopic (exact) mass is 155 g/mol. The minimum absolute atomic E-state index is 0.215. The first kappa shape index (κ1) is 8.57. The van der Waals surface area contributed by atoms with Gasteiger partial charge in [-0.15, -0.1) is 0 Å². The van der Waals surface area contributed by atoms with Crippen LogP contribution in [-0.4, -0.2) is 23.4 Å². The van der Waals surface area contributed by atoms with Gasteiger partial charge in [-0.3, -0.25) is 4.79 Å². The number of hydrogen-bond donors (Lipinski definition) is 0. The topological polar surface area (TPSA) is 20.3 Å². The van der Waals surface area contributed by atoms with Crippen molar-refractivity contribution in [3.63, 3.8) is 0 Å². The van der Waals surface area contributed by atoms with Crippen LogP contribution in [0.15, 0.2) is 0 Å². The fourth-order valence-electron chi connectivity index (χ4n) is 1.28.